The predicted molar refractivity (Wildman–Crippen MR) is 98.9 cm³/mol. The standard InChI is InChI=1S/C20H23N3O/c1-13(2)23-14(3)11-17(15(23)4)19(24)12-22-18-9-5-7-16-8-6-10-21-20(16)18/h5-11,13,22H,12H2,1-4H3. The molecule has 0 saturated carbocycles. The highest BCUT2D eigenvalue weighted by molar-refractivity contribution is 6.01. The van der Waals surface area contributed by atoms with Gasteiger partial charge >= 0.3 is 0 Å². The van der Waals surface area contributed by atoms with Crippen molar-refractivity contribution in [2.75, 3.05) is 11.9 Å². The topological polar surface area (TPSA) is 46.9 Å². The minimum atomic E-state index is 0.0999. The van der Waals surface area contributed by atoms with Crippen molar-refractivity contribution in [3.8, 4) is 0 Å². The van der Waals surface area contributed by atoms with Crippen LogP contribution in [0.15, 0.2) is 42.6 Å². The highest BCUT2D eigenvalue weighted by Crippen LogP contribution is 2.22. The monoisotopic (exact) mass is 321 g/mol. The van der Waals surface area contributed by atoms with Crippen LogP contribution >= 0.6 is 0 Å². The molecule has 1 aromatic carbocycles. The van der Waals surface area contributed by atoms with Gasteiger partial charge in [0.15, 0.2) is 5.78 Å². The van der Waals surface area contributed by atoms with Crippen molar-refractivity contribution < 1.29 is 4.79 Å². The molecule has 1 N–H and O–H groups in total. The van der Waals surface area contributed by atoms with Gasteiger partial charge in [-0.3, -0.25) is 9.78 Å². The second-order valence-electron chi connectivity index (χ2n) is 6.41. The number of rotatable bonds is 5. The molecule has 0 aliphatic rings. The first-order chi connectivity index (χ1) is 11.5. The van der Waals surface area contributed by atoms with Gasteiger partial charge in [-0.15, -0.1) is 0 Å². The fourth-order valence-corrected chi connectivity index (χ4v) is 3.37. The SMILES string of the molecule is Cc1cc(C(=O)CNc2cccc3cccnc23)c(C)n1C(C)C. The first-order valence-electron chi connectivity index (χ1n) is 8.28. The van der Waals surface area contributed by atoms with E-state index >= 15 is 0 Å². The van der Waals surface area contributed by atoms with E-state index in [2.05, 4.69) is 28.7 Å². The highest BCUT2D eigenvalue weighted by atomic mass is 16.1. The van der Waals surface area contributed by atoms with Gasteiger partial charge < -0.3 is 9.88 Å². The summed E-state index contributed by atoms with van der Waals surface area (Å²) in [4.78, 5) is 17.1. The van der Waals surface area contributed by atoms with Gasteiger partial charge in [0.1, 0.15) is 0 Å². The summed E-state index contributed by atoms with van der Waals surface area (Å²) >= 11 is 0. The van der Waals surface area contributed by atoms with Crippen LogP contribution in [-0.2, 0) is 0 Å². The minimum Gasteiger partial charge on any atom is -0.376 e. The van der Waals surface area contributed by atoms with E-state index in [0.717, 1.165) is 33.5 Å². The van der Waals surface area contributed by atoms with Crippen LogP contribution in [0.5, 0.6) is 0 Å². The number of carbonyl (C=O) groups is 1. The Hall–Kier alpha value is -2.62. The van der Waals surface area contributed by atoms with Gasteiger partial charge in [-0.2, -0.15) is 0 Å². The molecule has 2 aromatic heterocycles. The summed E-state index contributed by atoms with van der Waals surface area (Å²) in [7, 11) is 0. The number of aromatic nitrogens is 2. The summed E-state index contributed by atoms with van der Waals surface area (Å²) in [6.07, 6.45) is 1.77. The van der Waals surface area contributed by atoms with Crippen molar-refractivity contribution in [2.45, 2.75) is 33.7 Å². The Morgan fingerprint density at radius 2 is 1.96 bits per heavy atom. The number of carbonyl (C=O) groups excluding carboxylic acids is 1. The lowest BCUT2D eigenvalue weighted by molar-refractivity contribution is 0.101. The van der Waals surface area contributed by atoms with Crippen LogP contribution < -0.4 is 5.32 Å². The van der Waals surface area contributed by atoms with Crippen LogP contribution in [0, 0.1) is 13.8 Å². The number of benzene rings is 1. The summed E-state index contributed by atoms with van der Waals surface area (Å²) in [5.41, 5.74) is 4.73. The molecule has 3 aromatic rings. The van der Waals surface area contributed by atoms with Crippen LogP contribution in [0.25, 0.3) is 10.9 Å². The number of nitrogens with zero attached hydrogens (tertiary/aromatic N) is 2. The first kappa shape index (κ1) is 16.2. The first-order valence-corrected chi connectivity index (χ1v) is 8.28. The summed E-state index contributed by atoms with van der Waals surface area (Å²) in [5, 5.41) is 4.31. The molecule has 0 saturated heterocycles. The molecule has 0 amide bonds. The Bertz CT molecular complexity index is 888. The quantitative estimate of drug-likeness (QED) is 0.702. The summed E-state index contributed by atoms with van der Waals surface area (Å²) in [6.45, 7) is 8.59. The van der Waals surface area contributed by atoms with Crippen molar-refractivity contribution in [3.63, 3.8) is 0 Å². The molecular formula is C20H23N3O. The normalized spacial score (nSPS) is 11.2. The molecule has 0 bridgehead atoms. The van der Waals surface area contributed by atoms with Crippen molar-refractivity contribution in [1.29, 1.82) is 0 Å². The van der Waals surface area contributed by atoms with Crippen LogP contribution in [0.1, 0.15) is 41.6 Å². The Balaban J connectivity index is 1.82. The second kappa shape index (κ2) is 6.48. The van der Waals surface area contributed by atoms with Gasteiger partial charge in [0.05, 0.1) is 17.7 Å². The maximum absolute atomic E-state index is 12.7. The van der Waals surface area contributed by atoms with E-state index in [1.807, 2.05) is 50.2 Å². The smallest absolute Gasteiger partial charge is 0.183 e. The van der Waals surface area contributed by atoms with Gasteiger partial charge in [-0.25, -0.2) is 0 Å². The molecule has 124 valence electrons. The van der Waals surface area contributed by atoms with Crippen LogP contribution in [-0.4, -0.2) is 21.9 Å². The number of ketones is 1. The largest absolute Gasteiger partial charge is 0.376 e. The van der Waals surface area contributed by atoms with Gasteiger partial charge in [0.25, 0.3) is 0 Å². The summed E-state index contributed by atoms with van der Waals surface area (Å²) in [6, 6.07) is 12.2. The number of aryl methyl sites for hydroxylation is 1. The molecule has 24 heavy (non-hydrogen) atoms. The predicted octanol–water partition coefficient (Wildman–Crippen LogP) is 4.53. The van der Waals surface area contributed by atoms with Crippen LogP contribution in [0.2, 0.25) is 0 Å². The molecule has 0 aliphatic heterocycles. The Kier molecular flexibility index (Phi) is 4.38. The van der Waals surface area contributed by atoms with Gasteiger partial charge in [0.2, 0.25) is 0 Å². The number of anilines is 1. The van der Waals surface area contributed by atoms with E-state index in [-0.39, 0.29) is 12.3 Å². The third-order valence-electron chi connectivity index (χ3n) is 4.37. The zero-order valence-electron chi connectivity index (χ0n) is 14.6. The number of hydrogen-bond acceptors (Lipinski definition) is 3. The molecule has 0 unspecified atom stereocenters. The third-order valence-corrected chi connectivity index (χ3v) is 4.37. The van der Waals surface area contributed by atoms with E-state index in [0.29, 0.717) is 6.04 Å². The lowest BCUT2D eigenvalue weighted by atomic mass is 10.1. The number of Topliss-reactive ketones (excluding diaryl/α,β-unsaturated/α-hetero) is 1. The Morgan fingerprint density at radius 1 is 1.21 bits per heavy atom. The van der Waals surface area contributed by atoms with Crippen LogP contribution in [0.3, 0.4) is 0 Å². The maximum atomic E-state index is 12.7. The number of para-hydroxylation sites is 1. The van der Waals surface area contributed by atoms with Crippen molar-refractivity contribution in [3.05, 3.63) is 59.5 Å². The number of fused-ring (bicyclic) bond motifs is 1. The fraction of sp³-hybridized carbons (Fsp3) is 0.300. The molecule has 2 heterocycles. The number of nitrogens with one attached hydrogen (secondary N) is 1. The summed E-state index contributed by atoms with van der Waals surface area (Å²) < 4.78 is 2.20. The zero-order valence-corrected chi connectivity index (χ0v) is 14.6. The van der Waals surface area contributed by atoms with Crippen molar-refractivity contribution >= 4 is 22.4 Å². The zero-order chi connectivity index (χ0) is 17.3. The fourth-order valence-electron chi connectivity index (χ4n) is 3.37. The van der Waals surface area contributed by atoms with Gasteiger partial charge in [0, 0.05) is 34.6 Å². The lowest BCUT2D eigenvalue weighted by Gasteiger charge is -2.13. The molecule has 0 spiro atoms. The molecule has 3 rings (SSSR count). The van der Waals surface area contributed by atoms with Gasteiger partial charge in [-0.05, 0) is 45.9 Å². The maximum Gasteiger partial charge on any atom is 0.183 e. The molecule has 4 nitrogen and oxygen atoms in total. The minimum absolute atomic E-state index is 0.0999. The van der Waals surface area contributed by atoms with Gasteiger partial charge in [-0.1, -0.05) is 18.2 Å². The molecule has 0 atom stereocenters. The van der Waals surface area contributed by atoms with E-state index in [4.69, 9.17) is 0 Å². The summed E-state index contributed by atoms with van der Waals surface area (Å²) in [5.74, 6) is 0.0999. The number of pyridine rings is 1. The molecule has 0 aliphatic carbocycles. The Labute approximate surface area is 142 Å². The highest BCUT2D eigenvalue weighted by Gasteiger charge is 2.17. The molecule has 0 radical (unpaired) electrons. The lowest BCUT2D eigenvalue weighted by Crippen LogP contribution is -2.15. The second-order valence-corrected chi connectivity index (χ2v) is 6.41. The van der Waals surface area contributed by atoms with E-state index in [9.17, 15) is 4.79 Å². The van der Waals surface area contributed by atoms with Crippen molar-refractivity contribution in [1.82, 2.24) is 9.55 Å². The van der Waals surface area contributed by atoms with Crippen LogP contribution in [0.4, 0.5) is 5.69 Å². The molecule has 4 heteroatoms. The third kappa shape index (κ3) is 2.92. The average Bonchev–Trinajstić information content (AvgIpc) is 2.87. The molecular weight excluding hydrogens is 298 g/mol. The number of hydrogen-bond donors (Lipinski definition) is 1. The van der Waals surface area contributed by atoms with Crippen molar-refractivity contribution in [2.24, 2.45) is 0 Å². The average molecular weight is 321 g/mol. The van der Waals surface area contributed by atoms with E-state index in [1.54, 1.807) is 6.20 Å². The molecule has 0 fully saturated rings. The van der Waals surface area contributed by atoms with E-state index in [1.165, 1.54) is 0 Å². The van der Waals surface area contributed by atoms with E-state index < -0.39 is 0 Å². The Morgan fingerprint density at radius 3 is 2.67 bits per heavy atom.